The van der Waals surface area contributed by atoms with E-state index in [4.69, 9.17) is 5.11 Å². The Labute approximate surface area is 80.7 Å². The molecule has 2 amide bonds. The summed E-state index contributed by atoms with van der Waals surface area (Å²) in [6.45, 7) is 1.67. The van der Waals surface area contributed by atoms with E-state index in [0.29, 0.717) is 0 Å². The van der Waals surface area contributed by atoms with Gasteiger partial charge in [0.2, 0.25) is 11.8 Å². The molecule has 0 aliphatic carbocycles. The number of carboxylic acids is 1. The SMILES string of the molecule is CC(NC(=O)C1CNC(=O)C1)C(=O)O. The highest BCUT2D eigenvalue weighted by molar-refractivity contribution is 5.91. The van der Waals surface area contributed by atoms with Gasteiger partial charge in [-0.25, -0.2) is 0 Å². The molecule has 1 aliphatic rings. The third-order valence-electron chi connectivity index (χ3n) is 2.08. The molecule has 6 nitrogen and oxygen atoms in total. The van der Waals surface area contributed by atoms with Crippen molar-refractivity contribution in [1.29, 1.82) is 0 Å². The second-order valence-corrected chi connectivity index (χ2v) is 3.27. The first kappa shape index (κ1) is 10.5. The van der Waals surface area contributed by atoms with Crippen molar-refractivity contribution in [3.8, 4) is 0 Å². The summed E-state index contributed by atoms with van der Waals surface area (Å²) in [6, 6.07) is -0.918. The second kappa shape index (κ2) is 4.08. The molecule has 2 atom stereocenters. The summed E-state index contributed by atoms with van der Waals surface area (Å²) >= 11 is 0. The van der Waals surface area contributed by atoms with Crippen LogP contribution in [0.25, 0.3) is 0 Å². The van der Waals surface area contributed by atoms with Crippen LogP contribution in [0.2, 0.25) is 0 Å². The van der Waals surface area contributed by atoms with Crippen LogP contribution in [-0.4, -0.2) is 35.5 Å². The third kappa shape index (κ3) is 2.45. The molecule has 6 heteroatoms. The number of nitrogens with one attached hydrogen (secondary N) is 2. The van der Waals surface area contributed by atoms with Gasteiger partial charge in [0.25, 0.3) is 0 Å². The maximum absolute atomic E-state index is 11.3. The van der Waals surface area contributed by atoms with Crippen LogP contribution >= 0.6 is 0 Å². The summed E-state index contributed by atoms with van der Waals surface area (Å²) in [5, 5.41) is 13.3. The van der Waals surface area contributed by atoms with Crippen molar-refractivity contribution in [2.45, 2.75) is 19.4 Å². The number of hydrogen-bond acceptors (Lipinski definition) is 3. The first-order valence-corrected chi connectivity index (χ1v) is 4.30. The monoisotopic (exact) mass is 200 g/mol. The summed E-state index contributed by atoms with van der Waals surface area (Å²) in [5.41, 5.74) is 0. The zero-order valence-corrected chi connectivity index (χ0v) is 7.74. The van der Waals surface area contributed by atoms with E-state index >= 15 is 0 Å². The van der Waals surface area contributed by atoms with E-state index in [-0.39, 0.29) is 18.9 Å². The van der Waals surface area contributed by atoms with Crippen molar-refractivity contribution in [2.75, 3.05) is 6.54 Å². The van der Waals surface area contributed by atoms with Crippen LogP contribution in [0.5, 0.6) is 0 Å². The molecule has 1 aliphatic heterocycles. The molecule has 1 heterocycles. The van der Waals surface area contributed by atoms with Gasteiger partial charge >= 0.3 is 5.97 Å². The van der Waals surface area contributed by atoms with Crippen LogP contribution in [0, 0.1) is 5.92 Å². The third-order valence-corrected chi connectivity index (χ3v) is 2.08. The van der Waals surface area contributed by atoms with Crippen molar-refractivity contribution < 1.29 is 19.5 Å². The van der Waals surface area contributed by atoms with Crippen molar-refractivity contribution in [3.05, 3.63) is 0 Å². The van der Waals surface area contributed by atoms with Crippen LogP contribution in [0.15, 0.2) is 0 Å². The normalized spacial score (nSPS) is 22.6. The Balaban J connectivity index is 2.42. The lowest BCUT2D eigenvalue weighted by molar-refractivity contribution is -0.141. The molecule has 0 spiro atoms. The average molecular weight is 200 g/mol. The second-order valence-electron chi connectivity index (χ2n) is 3.27. The molecule has 1 fully saturated rings. The highest BCUT2D eigenvalue weighted by Gasteiger charge is 2.29. The molecule has 2 unspecified atom stereocenters. The minimum atomic E-state index is -1.09. The van der Waals surface area contributed by atoms with Crippen LogP contribution in [-0.2, 0) is 14.4 Å². The lowest BCUT2D eigenvalue weighted by Gasteiger charge is -2.12. The molecule has 0 radical (unpaired) electrons. The van der Waals surface area contributed by atoms with Gasteiger partial charge in [-0.05, 0) is 6.92 Å². The maximum atomic E-state index is 11.3. The van der Waals surface area contributed by atoms with E-state index in [1.807, 2.05) is 0 Å². The molecule has 0 saturated carbocycles. The zero-order valence-electron chi connectivity index (χ0n) is 7.74. The molecule has 14 heavy (non-hydrogen) atoms. The number of carboxylic acid groups (broad SMARTS) is 1. The molecule has 78 valence electrons. The molecule has 0 aromatic carbocycles. The first-order chi connectivity index (χ1) is 6.50. The number of aliphatic carboxylic acids is 1. The van der Waals surface area contributed by atoms with Crippen molar-refractivity contribution in [3.63, 3.8) is 0 Å². The van der Waals surface area contributed by atoms with Crippen LogP contribution in [0.1, 0.15) is 13.3 Å². The highest BCUT2D eigenvalue weighted by Crippen LogP contribution is 2.08. The number of carbonyl (C=O) groups is 3. The minimum Gasteiger partial charge on any atom is -0.480 e. The van der Waals surface area contributed by atoms with E-state index in [9.17, 15) is 14.4 Å². The average Bonchev–Trinajstić information content (AvgIpc) is 2.51. The van der Waals surface area contributed by atoms with Gasteiger partial charge in [-0.15, -0.1) is 0 Å². The van der Waals surface area contributed by atoms with E-state index in [2.05, 4.69) is 10.6 Å². The fourth-order valence-electron chi connectivity index (χ4n) is 1.18. The number of hydrogen-bond donors (Lipinski definition) is 3. The Morgan fingerprint density at radius 1 is 1.64 bits per heavy atom. The Hall–Kier alpha value is -1.59. The minimum absolute atomic E-state index is 0.137. The fourth-order valence-corrected chi connectivity index (χ4v) is 1.18. The van der Waals surface area contributed by atoms with Crippen LogP contribution in [0.3, 0.4) is 0 Å². The summed E-state index contributed by atoms with van der Waals surface area (Å²) in [5.74, 6) is -2.09. The quantitative estimate of drug-likeness (QED) is 0.528. The van der Waals surface area contributed by atoms with E-state index < -0.39 is 23.8 Å². The Bertz CT molecular complexity index is 277. The van der Waals surface area contributed by atoms with E-state index in [1.165, 1.54) is 6.92 Å². The summed E-state index contributed by atoms with van der Waals surface area (Å²) in [7, 11) is 0. The largest absolute Gasteiger partial charge is 0.480 e. The predicted octanol–water partition coefficient (Wildman–Crippen LogP) is -1.29. The van der Waals surface area contributed by atoms with Gasteiger partial charge < -0.3 is 15.7 Å². The van der Waals surface area contributed by atoms with Crippen molar-refractivity contribution in [2.24, 2.45) is 5.92 Å². The molecule has 0 bridgehead atoms. The zero-order chi connectivity index (χ0) is 10.7. The summed E-state index contributed by atoms with van der Waals surface area (Å²) in [6.07, 6.45) is 0.137. The van der Waals surface area contributed by atoms with E-state index in [1.54, 1.807) is 0 Å². The smallest absolute Gasteiger partial charge is 0.325 e. The lowest BCUT2D eigenvalue weighted by Crippen LogP contribution is -2.42. The van der Waals surface area contributed by atoms with Crippen molar-refractivity contribution >= 4 is 17.8 Å². The molecule has 1 rings (SSSR count). The van der Waals surface area contributed by atoms with Crippen LogP contribution < -0.4 is 10.6 Å². The molecular formula is C8H12N2O4. The van der Waals surface area contributed by atoms with Gasteiger partial charge in [-0.1, -0.05) is 0 Å². The summed E-state index contributed by atoms with van der Waals surface area (Å²) in [4.78, 5) is 32.5. The van der Waals surface area contributed by atoms with E-state index in [0.717, 1.165) is 0 Å². The molecule has 0 aromatic heterocycles. The highest BCUT2D eigenvalue weighted by atomic mass is 16.4. The van der Waals surface area contributed by atoms with Crippen molar-refractivity contribution in [1.82, 2.24) is 10.6 Å². The molecule has 3 N–H and O–H groups in total. The molecule has 0 aromatic rings. The Kier molecular flexibility index (Phi) is 3.06. The van der Waals surface area contributed by atoms with Gasteiger partial charge in [0, 0.05) is 13.0 Å². The number of rotatable bonds is 3. The topological polar surface area (TPSA) is 95.5 Å². The maximum Gasteiger partial charge on any atom is 0.325 e. The van der Waals surface area contributed by atoms with Gasteiger partial charge in [-0.3, -0.25) is 14.4 Å². The van der Waals surface area contributed by atoms with Gasteiger partial charge in [0.1, 0.15) is 6.04 Å². The Morgan fingerprint density at radius 2 is 2.29 bits per heavy atom. The first-order valence-electron chi connectivity index (χ1n) is 4.30. The Morgan fingerprint density at radius 3 is 2.71 bits per heavy atom. The van der Waals surface area contributed by atoms with Gasteiger partial charge in [0.05, 0.1) is 5.92 Å². The van der Waals surface area contributed by atoms with Gasteiger partial charge in [-0.2, -0.15) is 0 Å². The number of amides is 2. The molecular weight excluding hydrogens is 188 g/mol. The van der Waals surface area contributed by atoms with Gasteiger partial charge in [0.15, 0.2) is 0 Å². The fraction of sp³-hybridized carbons (Fsp3) is 0.625. The van der Waals surface area contributed by atoms with Crippen LogP contribution in [0.4, 0.5) is 0 Å². The lowest BCUT2D eigenvalue weighted by atomic mass is 10.1. The standard InChI is InChI=1S/C8H12N2O4/c1-4(8(13)14)10-7(12)5-2-6(11)9-3-5/h4-5H,2-3H2,1H3,(H,9,11)(H,10,12)(H,13,14). The summed E-state index contributed by atoms with van der Waals surface area (Å²) < 4.78 is 0. The predicted molar refractivity (Wildman–Crippen MR) is 46.4 cm³/mol. The number of carbonyl (C=O) groups excluding carboxylic acids is 2. The molecule has 1 saturated heterocycles.